The number of fused-ring (bicyclic) bond motifs is 6. The summed E-state index contributed by atoms with van der Waals surface area (Å²) in [6.45, 7) is 5.38. The minimum Gasteiger partial charge on any atom is -0.378 e. The Kier molecular flexibility index (Phi) is 6.10. The SMILES string of the molecule is CCc1cc2c(cc1Cl)c1cc(CC#CC(C)(C)O)ccc1c1[nH]c(-c3c(C#N)cccc3C#N)nc21. The first-order chi connectivity index (χ1) is 17.7. The number of benzene rings is 4. The normalized spacial score (nSPS) is 11.3. The lowest BCUT2D eigenvalue weighted by Gasteiger charge is -2.11. The quantitative estimate of drug-likeness (QED) is 0.209. The average Bonchev–Trinajstić information content (AvgIpc) is 3.32. The number of aromatic nitrogens is 2. The second-order valence-corrected chi connectivity index (χ2v) is 9.93. The van der Waals surface area contributed by atoms with E-state index < -0.39 is 5.60 Å². The number of hydrogen-bond donors (Lipinski definition) is 2. The fourth-order valence-electron chi connectivity index (χ4n) is 4.69. The second-order valence-electron chi connectivity index (χ2n) is 9.52. The summed E-state index contributed by atoms with van der Waals surface area (Å²) < 4.78 is 0. The van der Waals surface area contributed by atoms with Gasteiger partial charge < -0.3 is 10.1 Å². The first kappa shape index (κ1) is 24.4. The van der Waals surface area contributed by atoms with Crippen molar-refractivity contribution in [3.05, 3.63) is 75.8 Å². The topological polar surface area (TPSA) is 96.5 Å². The maximum absolute atomic E-state index is 9.94. The molecule has 0 spiro atoms. The maximum atomic E-state index is 9.94. The van der Waals surface area contributed by atoms with Crippen molar-refractivity contribution in [2.24, 2.45) is 0 Å². The van der Waals surface area contributed by atoms with E-state index in [4.69, 9.17) is 16.6 Å². The van der Waals surface area contributed by atoms with Gasteiger partial charge in [-0.05, 0) is 72.5 Å². The van der Waals surface area contributed by atoms with Gasteiger partial charge in [-0.25, -0.2) is 4.98 Å². The van der Waals surface area contributed by atoms with Crippen LogP contribution in [0.25, 0.3) is 44.0 Å². The number of H-pyrrole nitrogens is 1. The largest absolute Gasteiger partial charge is 0.378 e. The summed E-state index contributed by atoms with van der Waals surface area (Å²) in [5, 5.41) is 33.9. The Hall–Kier alpha value is -4.34. The lowest BCUT2D eigenvalue weighted by molar-refractivity contribution is 0.143. The molecule has 0 aliphatic rings. The third-order valence-electron chi connectivity index (χ3n) is 6.40. The molecule has 0 amide bonds. The van der Waals surface area contributed by atoms with Crippen LogP contribution in [0.1, 0.15) is 43.0 Å². The van der Waals surface area contributed by atoms with Crippen LogP contribution in [0.15, 0.2) is 48.5 Å². The minimum atomic E-state index is -1.05. The Morgan fingerprint density at radius 1 is 0.973 bits per heavy atom. The number of aryl methyl sites for hydroxylation is 1. The van der Waals surface area contributed by atoms with E-state index >= 15 is 0 Å². The summed E-state index contributed by atoms with van der Waals surface area (Å²) in [4.78, 5) is 8.36. The molecule has 0 saturated carbocycles. The van der Waals surface area contributed by atoms with Crippen LogP contribution in [-0.2, 0) is 12.8 Å². The molecule has 1 aromatic heterocycles. The number of aromatic amines is 1. The van der Waals surface area contributed by atoms with Crippen molar-refractivity contribution in [3.63, 3.8) is 0 Å². The summed E-state index contributed by atoms with van der Waals surface area (Å²) in [5.41, 5.74) is 3.83. The third-order valence-corrected chi connectivity index (χ3v) is 6.75. The average molecular weight is 503 g/mol. The van der Waals surface area contributed by atoms with Crippen molar-refractivity contribution in [1.29, 1.82) is 10.5 Å². The van der Waals surface area contributed by atoms with Gasteiger partial charge in [-0.2, -0.15) is 10.5 Å². The Balaban J connectivity index is 1.85. The zero-order valence-electron chi connectivity index (χ0n) is 20.7. The smallest absolute Gasteiger partial charge is 0.141 e. The fourth-order valence-corrected chi connectivity index (χ4v) is 4.99. The first-order valence-corrected chi connectivity index (χ1v) is 12.3. The predicted molar refractivity (Wildman–Crippen MR) is 148 cm³/mol. The molecule has 4 aromatic carbocycles. The molecule has 0 unspecified atom stereocenters. The highest BCUT2D eigenvalue weighted by molar-refractivity contribution is 6.34. The summed E-state index contributed by atoms with van der Waals surface area (Å²) in [6.07, 6.45) is 1.27. The van der Waals surface area contributed by atoms with E-state index in [9.17, 15) is 15.6 Å². The van der Waals surface area contributed by atoms with Crippen LogP contribution in [0, 0.1) is 34.5 Å². The van der Waals surface area contributed by atoms with Crippen LogP contribution in [-0.4, -0.2) is 20.7 Å². The Labute approximate surface area is 219 Å². The highest BCUT2D eigenvalue weighted by Gasteiger charge is 2.19. The standard InChI is InChI=1S/C31H23ClN4O/c1-4-19-14-25-24(15-26(19)32)23-13-18(7-6-12-31(2,3)37)10-11-22(23)28-29(25)36-30(35-28)27-20(16-33)8-5-9-21(27)17-34/h5,8-11,13-15,37H,4,7H2,1-3H3,(H,35,36). The van der Waals surface area contributed by atoms with Gasteiger partial charge in [0.05, 0.1) is 39.9 Å². The van der Waals surface area contributed by atoms with Gasteiger partial charge in [0.25, 0.3) is 0 Å². The highest BCUT2D eigenvalue weighted by Crippen LogP contribution is 2.39. The lowest BCUT2D eigenvalue weighted by Crippen LogP contribution is -2.14. The number of imidazole rings is 1. The molecule has 0 fully saturated rings. The van der Waals surface area contributed by atoms with Crippen molar-refractivity contribution in [1.82, 2.24) is 9.97 Å². The van der Waals surface area contributed by atoms with Crippen molar-refractivity contribution in [2.45, 2.75) is 39.2 Å². The summed E-state index contributed by atoms with van der Waals surface area (Å²) in [5.74, 6) is 6.41. The highest BCUT2D eigenvalue weighted by atomic mass is 35.5. The number of nitrogens with zero attached hydrogens (tertiary/aromatic N) is 3. The number of rotatable bonds is 3. The van der Waals surface area contributed by atoms with Crippen molar-refractivity contribution in [3.8, 4) is 35.4 Å². The molecule has 1 heterocycles. The van der Waals surface area contributed by atoms with Crippen molar-refractivity contribution >= 4 is 44.2 Å². The van der Waals surface area contributed by atoms with Gasteiger partial charge >= 0.3 is 0 Å². The Morgan fingerprint density at radius 3 is 2.32 bits per heavy atom. The van der Waals surface area contributed by atoms with Crippen LogP contribution in [0.5, 0.6) is 0 Å². The van der Waals surface area contributed by atoms with Gasteiger partial charge in [-0.15, -0.1) is 0 Å². The first-order valence-electron chi connectivity index (χ1n) is 12.0. The predicted octanol–water partition coefficient (Wildman–Crippen LogP) is 6.81. The zero-order valence-corrected chi connectivity index (χ0v) is 21.5. The van der Waals surface area contributed by atoms with Crippen molar-refractivity contribution in [2.75, 3.05) is 0 Å². The molecule has 0 saturated heterocycles. The minimum absolute atomic E-state index is 0.386. The summed E-state index contributed by atoms with van der Waals surface area (Å²) in [7, 11) is 0. The number of halogens is 1. The monoisotopic (exact) mass is 502 g/mol. The fraction of sp³-hybridized carbons (Fsp3) is 0.194. The van der Waals surface area contributed by atoms with Crippen molar-refractivity contribution < 1.29 is 5.11 Å². The van der Waals surface area contributed by atoms with Crippen LogP contribution >= 0.6 is 11.6 Å². The number of hydrogen-bond acceptors (Lipinski definition) is 4. The van der Waals surface area contributed by atoms with E-state index in [0.717, 1.165) is 50.1 Å². The molecule has 5 rings (SSSR count). The molecule has 6 heteroatoms. The molecule has 37 heavy (non-hydrogen) atoms. The Bertz CT molecular complexity index is 1840. The van der Waals surface area contributed by atoms with E-state index in [-0.39, 0.29) is 0 Å². The van der Waals surface area contributed by atoms with Gasteiger partial charge in [0.15, 0.2) is 0 Å². The van der Waals surface area contributed by atoms with Crippen LogP contribution in [0.4, 0.5) is 0 Å². The van der Waals surface area contributed by atoms with E-state index in [1.165, 1.54) is 0 Å². The molecular formula is C31H23ClN4O. The van der Waals surface area contributed by atoms with Gasteiger partial charge in [0.2, 0.25) is 0 Å². The van der Waals surface area contributed by atoms with Gasteiger partial charge in [-0.3, -0.25) is 0 Å². The lowest BCUT2D eigenvalue weighted by atomic mass is 9.95. The molecule has 5 nitrogen and oxygen atoms in total. The molecule has 180 valence electrons. The van der Waals surface area contributed by atoms with Crippen LogP contribution < -0.4 is 0 Å². The molecule has 0 atom stereocenters. The zero-order chi connectivity index (χ0) is 26.3. The number of nitrogens with one attached hydrogen (secondary N) is 1. The summed E-state index contributed by atoms with van der Waals surface area (Å²) in [6, 6.07) is 19.7. The third kappa shape index (κ3) is 4.39. The van der Waals surface area contributed by atoms with Gasteiger partial charge in [0.1, 0.15) is 11.4 Å². The molecular weight excluding hydrogens is 480 g/mol. The molecule has 0 aliphatic carbocycles. The van der Waals surface area contributed by atoms with Crippen LogP contribution in [0.3, 0.4) is 0 Å². The number of aliphatic hydroxyl groups is 1. The molecule has 2 N–H and O–H groups in total. The molecule has 0 radical (unpaired) electrons. The second kappa shape index (κ2) is 9.27. The van der Waals surface area contributed by atoms with E-state index in [2.05, 4.69) is 48.0 Å². The van der Waals surface area contributed by atoms with E-state index in [1.54, 1.807) is 32.0 Å². The molecule has 0 bridgehead atoms. The maximum Gasteiger partial charge on any atom is 0.141 e. The molecule has 0 aliphatic heterocycles. The number of nitriles is 2. The molecule has 5 aromatic rings. The van der Waals surface area contributed by atoms with Gasteiger partial charge in [-0.1, -0.05) is 48.6 Å². The van der Waals surface area contributed by atoms with Crippen LogP contribution in [0.2, 0.25) is 5.02 Å². The Morgan fingerprint density at radius 2 is 1.68 bits per heavy atom. The van der Waals surface area contributed by atoms with E-state index in [0.29, 0.717) is 34.0 Å². The summed E-state index contributed by atoms with van der Waals surface area (Å²) >= 11 is 6.66. The van der Waals surface area contributed by atoms with Gasteiger partial charge in [0, 0.05) is 22.2 Å². The van der Waals surface area contributed by atoms with E-state index in [1.807, 2.05) is 18.2 Å².